The molecule has 1 aromatic heterocycles. The van der Waals surface area contributed by atoms with Crippen LogP contribution in [0.4, 0.5) is 5.95 Å². The van der Waals surface area contributed by atoms with Gasteiger partial charge in [0.25, 0.3) is 5.91 Å². The van der Waals surface area contributed by atoms with Gasteiger partial charge in [0, 0.05) is 32.0 Å². The first-order valence-corrected chi connectivity index (χ1v) is 6.31. The molecule has 1 aliphatic rings. The van der Waals surface area contributed by atoms with Crippen molar-refractivity contribution in [3.05, 3.63) is 12.4 Å². The van der Waals surface area contributed by atoms with Gasteiger partial charge in [-0.25, -0.2) is 4.98 Å². The molecule has 6 heteroatoms. The van der Waals surface area contributed by atoms with Crippen LogP contribution in [0, 0.1) is 5.92 Å². The summed E-state index contributed by atoms with van der Waals surface area (Å²) in [6.45, 7) is 7.00. The molecule has 0 radical (unpaired) electrons. The Bertz CT molecular complexity index is 397. The standard InChI is InChI=1S/C12H20N4O2/c1-9(2)8-16-5-3-14-12(16)15-11(17)10-7-13-4-6-18-10/h3,5,9-10,13H,4,6-8H2,1-2H3,(H,14,15,17)/t10-/m1/s1. The second-order valence-electron chi connectivity index (χ2n) is 4.85. The van der Waals surface area contributed by atoms with E-state index in [1.165, 1.54) is 0 Å². The third kappa shape index (κ3) is 3.30. The van der Waals surface area contributed by atoms with Crippen molar-refractivity contribution in [1.82, 2.24) is 14.9 Å². The summed E-state index contributed by atoms with van der Waals surface area (Å²) in [4.78, 5) is 16.1. The van der Waals surface area contributed by atoms with Crippen molar-refractivity contribution in [2.75, 3.05) is 25.0 Å². The number of aromatic nitrogens is 2. The summed E-state index contributed by atoms with van der Waals surface area (Å²) in [6.07, 6.45) is 3.14. The van der Waals surface area contributed by atoms with Crippen LogP contribution >= 0.6 is 0 Å². The maximum Gasteiger partial charge on any atom is 0.257 e. The summed E-state index contributed by atoms with van der Waals surface area (Å²) in [6, 6.07) is 0. The highest BCUT2D eigenvalue weighted by Crippen LogP contribution is 2.09. The van der Waals surface area contributed by atoms with Crippen LogP contribution < -0.4 is 10.6 Å². The molecular weight excluding hydrogens is 232 g/mol. The molecule has 1 fully saturated rings. The lowest BCUT2D eigenvalue weighted by molar-refractivity contribution is -0.128. The van der Waals surface area contributed by atoms with Gasteiger partial charge in [0.2, 0.25) is 5.95 Å². The number of nitrogens with zero attached hydrogens (tertiary/aromatic N) is 2. The smallest absolute Gasteiger partial charge is 0.257 e. The number of imidazole rings is 1. The van der Waals surface area contributed by atoms with Crippen LogP contribution in [0.25, 0.3) is 0 Å². The number of ether oxygens (including phenoxy) is 1. The molecule has 100 valence electrons. The normalized spacial score (nSPS) is 20.1. The number of carbonyl (C=O) groups excluding carboxylic acids is 1. The number of hydrogen-bond acceptors (Lipinski definition) is 4. The van der Waals surface area contributed by atoms with Gasteiger partial charge in [-0.05, 0) is 5.92 Å². The van der Waals surface area contributed by atoms with Crippen LogP contribution in [0.3, 0.4) is 0 Å². The zero-order chi connectivity index (χ0) is 13.0. The van der Waals surface area contributed by atoms with E-state index in [0.717, 1.165) is 13.1 Å². The second-order valence-corrected chi connectivity index (χ2v) is 4.85. The van der Waals surface area contributed by atoms with E-state index in [1.54, 1.807) is 6.20 Å². The highest BCUT2D eigenvalue weighted by Gasteiger charge is 2.22. The van der Waals surface area contributed by atoms with E-state index in [9.17, 15) is 4.79 Å². The lowest BCUT2D eigenvalue weighted by atomic mass is 10.2. The summed E-state index contributed by atoms with van der Waals surface area (Å²) in [5.74, 6) is 0.948. The van der Waals surface area contributed by atoms with Crippen molar-refractivity contribution in [1.29, 1.82) is 0 Å². The molecule has 1 aromatic rings. The fraction of sp³-hybridized carbons (Fsp3) is 0.667. The Hall–Kier alpha value is -1.40. The first-order chi connectivity index (χ1) is 8.66. The fourth-order valence-electron chi connectivity index (χ4n) is 1.90. The van der Waals surface area contributed by atoms with Gasteiger partial charge < -0.3 is 14.6 Å². The van der Waals surface area contributed by atoms with Crippen molar-refractivity contribution in [2.24, 2.45) is 5.92 Å². The van der Waals surface area contributed by atoms with Gasteiger partial charge in [0.05, 0.1) is 6.61 Å². The van der Waals surface area contributed by atoms with Crippen LogP contribution in [0.2, 0.25) is 0 Å². The lowest BCUT2D eigenvalue weighted by Crippen LogP contribution is -2.45. The maximum atomic E-state index is 12.0. The molecule has 0 aromatic carbocycles. The monoisotopic (exact) mass is 252 g/mol. The molecule has 0 bridgehead atoms. The Balaban J connectivity index is 1.95. The molecule has 0 saturated carbocycles. The molecule has 0 aliphatic carbocycles. The highest BCUT2D eigenvalue weighted by molar-refractivity contribution is 5.93. The van der Waals surface area contributed by atoms with Crippen molar-refractivity contribution in [3.8, 4) is 0 Å². The van der Waals surface area contributed by atoms with E-state index >= 15 is 0 Å². The molecule has 6 nitrogen and oxygen atoms in total. The quantitative estimate of drug-likeness (QED) is 0.817. The summed E-state index contributed by atoms with van der Waals surface area (Å²) in [5.41, 5.74) is 0. The first-order valence-electron chi connectivity index (χ1n) is 6.31. The minimum absolute atomic E-state index is 0.140. The molecule has 1 amide bonds. The minimum Gasteiger partial charge on any atom is -0.366 e. The number of hydrogen-bond donors (Lipinski definition) is 2. The highest BCUT2D eigenvalue weighted by atomic mass is 16.5. The number of anilines is 1. The minimum atomic E-state index is -0.428. The average Bonchev–Trinajstić information content (AvgIpc) is 2.77. The van der Waals surface area contributed by atoms with Crippen molar-refractivity contribution >= 4 is 11.9 Å². The van der Waals surface area contributed by atoms with Crippen molar-refractivity contribution < 1.29 is 9.53 Å². The van der Waals surface area contributed by atoms with Gasteiger partial charge in [-0.15, -0.1) is 0 Å². The molecule has 0 spiro atoms. The molecule has 2 rings (SSSR count). The zero-order valence-corrected chi connectivity index (χ0v) is 10.8. The lowest BCUT2D eigenvalue weighted by Gasteiger charge is -2.22. The molecule has 0 unspecified atom stereocenters. The van der Waals surface area contributed by atoms with Gasteiger partial charge in [-0.2, -0.15) is 0 Å². The first kappa shape index (κ1) is 13.0. The van der Waals surface area contributed by atoms with Crippen LogP contribution in [0.1, 0.15) is 13.8 Å². The van der Waals surface area contributed by atoms with E-state index in [2.05, 4.69) is 29.5 Å². The molecule has 2 heterocycles. The molecule has 18 heavy (non-hydrogen) atoms. The predicted molar refractivity (Wildman–Crippen MR) is 68.3 cm³/mol. The Morgan fingerprint density at radius 2 is 2.56 bits per heavy atom. The molecule has 2 N–H and O–H groups in total. The number of amides is 1. The Morgan fingerprint density at radius 1 is 1.72 bits per heavy atom. The zero-order valence-electron chi connectivity index (χ0n) is 10.8. The van der Waals surface area contributed by atoms with E-state index < -0.39 is 6.10 Å². The van der Waals surface area contributed by atoms with Gasteiger partial charge in [-0.3, -0.25) is 10.1 Å². The van der Waals surface area contributed by atoms with Crippen molar-refractivity contribution in [3.63, 3.8) is 0 Å². The molecule has 1 saturated heterocycles. The average molecular weight is 252 g/mol. The topological polar surface area (TPSA) is 68.2 Å². The Labute approximate surface area is 107 Å². The van der Waals surface area contributed by atoms with Crippen LogP contribution in [0.5, 0.6) is 0 Å². The second kappa shape index (κ2) is 5.97. The fourth-order valence-corrected chi connectivity index (χ4v) is 1.90. The Kier molecular flexibility index (Phi) is 4.33. The molecular formula is C12H20N4O2. The van der Waals surface area contributed by atoms with Gasteiger partial charge >= 0.3 is 0 Å². The van der Waals surface area contributed by atoms with E-state index in [0.29, 0.717) is 25.0 Å². The van der Waals surface area contributed by atoms with E-state index in [1.807, 2.05) is 10.8 Å². The molecule has 1 aliphatic heterocycles. The van der Waals surface area contributed by atoms with Crippen LogP contribution in [-0.4, -0.2) is 41.3 Å². The number of nitrogens with one attached hydrogen (secondary N) is 2. The predicted octanol–water partition coefficient (Wildman–Crippen LogP) is 0.466. The van der Waals surface area contributed by atoms with Crippen molar-refractivity contribution in [2.45, 2.75) is 26.5 Å². The Morgan fingerprint density at radius 3 is 3.22 bits per heavy atom. The van der Waals surface area contributed by atoms with Gasteiger partial charge in [0.1, 0.15) is 6.10 Å². The number of morpholine rings is 1. The summed E-state index contributed by atoms with van der Waals surface area (Å²) in [7, 11) is 0. The van der Waals surface area contributed by atoms with Crippen LogP contribution in [-0.2, 0) is 16.1 Å². The maximum absolute atomic E-state index is 12.0. The van der Waals surface area contributed by atoms with Crippen LogP contribution in [0.15, 0.2) is 12.4 Å². The largest absolute Gasteiger partial charge is 0.366 e. The summed E-state index contributed by atoms with van der Waals surface area (Å²) in [5, 5.41) is 5.94. The van der Waals surface area contributed by atoms with E-state index in [-0.39, 0.29) is 5.91 Å². The summed E-state index contributed by atoms with van der Waals surface area (Å²) < 4.78 is 7.34. The third-order valence-corrected chi connectivity index (χ3v) is 2.73. The number of carbonyl (C=O) groups is 1. The number of rotatable bonds is 4. The SMILES string of the molecule is CC(C)Cn1ccnc1NC(=O)[C@H]1CNCCO1. The third-order valence-electron chi connectivity index (χ3n) is 2.73. The van der Waals surface area contributed by atoms with E-state index in [4.69, 9.17) is 4.74 Å². The molecule has 1 atom stereocenters. The summed E-state index contributed by atoms with van der Waals surface area (Å²) >= 11 is 0. The van der Waals surface area contributed by atoms with Gasteiger partial charge in [0.15, 0.2) is 0 Å². The van der Waals surface area contributed by atoms with Gasteiger partial charge in [-0.1, -0.05) is 13.8 Å².